The number of benzene rings is 1. The van der Waals surface area contributed by atoms with Crippen molar-refractivity contribution >= 4 is 39.4 Å². The molecule has 0 aromatic heterocycles. The first-order chi connectivity index (χ1) is 9.34. The van der Waals surface area contributed by atoms with Gasteiger partial charge in [0.1, 0.15) is 0 Å². The van der Waals surface area contributed by atoms with Crippen LogP contribution < -0.4 is 0 Å². The summed E-state index contributed by atoms with van der Waals surface area (Å²) in [5.74, 6) is -1.04. The topological polar surface area (TPSA) is 57.6 Å². The van der Waals surface area contributed by atoms with E-state index in [1.54, 1.807) is 23.1 Å². The molecule has 0 radical (unpaired) electrons. The second kappa shape index (κ2) is 7.64. The monoisotopic (exact) mass is 361 g/mol. The van der Waals surface area contributed by atoms with E-state index in [1.165, 1.54) is 0 Å². The second-order valence-corrected chi connectivity index (χ2v) is 5.92. The summed E-state index contributed by atoms with van der Waals surface area (Å²) in [5.41, 5.74) is 0.421. The number of nitrogens with zero attached hydrogens (tertiary/aromatic N) is 1. The molecule has 0 fully saturated rings. The van der Waals surface area contributed by atoms with Gasteiger partial charge in [-0.1, -0.05) is 17.7 Å². The zero-order chi connectivity index (χ0) is 15.3. The Balaban J connectivity index is 2.88. The third-order valence-corrected chi connectivity index (χ3v) is 4.15. The van der Waals surface area contributed by atoms with Crippen LogP contribution in [0, 0.1) is 0 Å². The summed E-state index contributed by atoms with van der Waals surface area (Å²) in [5, 5.41) is 9.05. The number of carboxylic acids is 1. The molecule has 0 aliphatic carbocycles. The summed E-state index contributed by atoms with van der Waals surface area (Å²) in [6.07, 6.45) is 0.466. The Morgan fingerprint density at radius 1 is 1.40 bits per heavy atom. The molecule has 0 bridgehead atoms. The third-order valence-electron chi connectivity index (χ3n) is 2.86. The predicted octanol–water partition coefficient (Wildman–Crippen LogP) is 3.82. The highest BCUT2D eigenvalue weighted by Gasteiger charge is 2.21. The van der Waals surface area contributed by atoms with E-state index in [0.29, 0.717) is 28.0 Å². The van der Waals surface area contributed by atoms with Crippen LogP contribution in [-0.2, 0) is 4.79 Å². The summed E-state index contributed by atoms with van der Waals surface area (Å²) >= 11 is 9.42. The van der Waals surface area contributed by atoms with Gasteiger partial charge in [0.2, 0.25) is 0 Å². The summed E-state index contributed by atoms with van der Waals surface area (Å²) in [6.45, 7) is 4.18. The van der Waals surface area contributed by atoms with Crippen molar-refractivity contribution in [3.05, 3.63) is 33.3 Å². The molecule has 0 unspecified atom stereocenters. The van der Waals surface area contributed by atoms with E-state index in [4.69, 9.17) is 16.7 Å². The van der Waals surface area contributed by atoms with E-state index in [9.17, 15) is 9.59 Å². The molecule has 1 amide bonds. The standard InChI is InChI=1S/C14H17BrClNO3/c1-9(2)17(8-4-7-12(18)19)14(20)10-5-3-6-11(15)13(10)16/h3,5-6,9H,4,7-8H2,1-2H3,(H,18,19). The summed E-state index contributed by atoms with van der Waals surface area (Å²) in [6, 6.07) is 5.16. The number of carbonyl (C=O) groups is 2. The van der Waals surface area contributed by atoms with E-state index in [1.807, 2.05) is 13.8 Å². The normalized spacial score (nSPS) is 10.7. The SMILES string of the molecule is CC(C)N(CCCC(=O)O)C(=O)c1cccc(Br)c1Cl. The van der Waals surface area contributed by atoms with Gasteiger partial charge < -0.3 is 10.0 Å². The largest absolute Gasteiger partial charge is 0.481 e. The Kier molecular flexibility index (Phi) is 6.49. The number of hydrogen-bond acceptors (Lipinski definition) is 2. The Hall–Kier alpha value is -1.07. The van der Waals surface area contributed by atoms with E-state index in [0.717, 1.165) is 0 Å². The molecule has 20 heavy (non-hydrogen) atoms. The Morgan fingerprint density at radius 2 is 2.05 bits per heavy atom. The molecule has 0 saturated heterocycles. The van der Waals surface area contributed by atoms with Gasteiger partial charge in [0.25, 0.3) is 5.91 Å². The lowest BCUT2D eigenvalue weighted by molar-refractivity contribution is -0.137. The number of aliphatic carboxylic acids is 1. The van der Waals surface area contributed by atoms with Gasteiger partial charge in [-0.05, 0) is 48.3 Å². The van der Waals surface area contributed by atoms with Crippen molar-refractivity contribution in [2.24, 2.45) is 0 Å². The van der Waals surface area contributed by atoms with Gasteiger partial charge in [0.05, 0.1) is 10.6 Å². The highest BCUT2D eigenvalue weighted by atomic mass is 79.9. The molecule has 1 N–H and O–H groups in total. The minimum Gasteiger partial charge on any atom is -0.481 e. The van der Waals surface area contributed by atoms with Crippen molar-refractivity contribution in [3.63, 3.8) is 0 Å². The van der Waals surface area contributed by atoms with Gasteiger partial charge in [-0.3, -0.25) is 9.59 Å². The van der Waals surface area contributed by atoms with E-state index >= 15 is 0 Å². The first-order valence-corrected chi connectivity index (χ1v) is 7.48. The Labute approximate surface area is 131 Å². The van der Waals surface area contributed by atoms with Crippen molar-refractivity contribution in [1.82, 2.24) is 4.90 Å². The summed E-state index contributed by atoms with van der Waals surface area (Å²) < 4.78 is 0.666. The molecule has 4 nitrogen and oxygen atoms in total. The van der Waals surface area contributed by atoms with E-state index in [2.05, 4.69) is 15.9 Å². The molecule has 6 heteroatoms. The molecular formula is C14H17BrClNO3. The molecule has 1 aromatic carbocycles. The summed E-state index contributed by atoms with van der Waals surface area (Å²) in [4.78, 5) is 24.7. The van der Waals surface area contributed by atoms with Crippen molar-refractivity contribution in [2.75, 3.05) is 6.54 Å². The minimum atomic E-state index is -0.860. The maximum atomic E-state index is 12.5. The van der Waals surface area contributed by atoms with Gasteiger partial charge in [-0.2, -0.15) is 0 Å². The van der Waals surface area contributed by atoms with Crippen LogP contribution in [0.5, 0.6) is 0 Å². The molecule has 1 rings (SSSR count). The minimum absolute atomic E-state index is 0.0219. The number of hydrogen-bond donors (Lipinski definition) is 1. The highest BCUT2D eigenvalue weighted by Crippen LogP contribution is 2.27. The molecule has 0 aliphatic rings. The van der Waals surface area contributed by atoms with Gasteiger partial charge in [0, 0.05) is 23.5 Å². The molecule has 0 spiro atoms. The fraction of sp³-hybridized carbons (Fsp3) is 0.429. The van der Waals surface area contributed by atoms with Crippen LogP contribution in [0.3, 0.4) is 0 Å². The first kappa shape index (κ1) is 17.0. The van der Waals surface area contributed by atoms with Crippen LogP contribution in [0.1, 0.15) is 37.0 Å². The van der Waals surface area contributed by atoms with Gasteiger partial charge in [0.15, 0.2) is 0 Å². The molecular weight excluding hydrogens is 346 g/mol. The van der Waals surface area contributed by atoms with Gasteiger partial charge in [-0.25, -0.2) is 0 Å². The van der Waals surface area contributed by atoms with Crippen LogP contribution in [0.15, 0.2) is 22.7 Å². The first-order valence-electron chi connectivity index (χ1n) is 6.31. The fourth-order valence-corrected chi connectivity index (χ4v) is 2.39. The van der Waals surface area contributed by atoms with Crippen molar-refractivity contribution in [3.8, 4) is 0 Å². The van der Waals surface area contributed by atoms with E-state index in [-0.39, 0.29) is 18.4 Å². The van der Waals surface area contributed by atoms with Gasteiger partial charge in [-0.15, -0.1) is 0 Å². The quantitative estimate of drug-likeness (QED) is 0.837. The lowest BCUT2D eigenvalue weighted by atomic mass is 10.1. The molecule has 0 atom stereocenters. The zero-order valence-corrected chi connectivity index (χ0v) is 13.7. The lowest BCUT2D eigenvalue weighted by Gasteiger charge is -2.27. The average Bonchev–Trinajstić information content (AvgIpc) is 2.36. The number of rotatable bonds is 6. The van der Waals surface area contributed by atoms with Gasteiger partial charge >= 0.3 is 5.97 Å². The van der Waals surface area contributed by atoms with Crippen LogP contribution in [0.4, 0.5) is 0 Å². The third kappa shape index (κ3) is 4.49. The molecule has 0 aliphatic heterocycles. The number of carbonyl (C=O) groups excluding carboxylic acids is 1. The van der Waals surface area contributed by atoms with E-state index < -0.39 is 5.97 Å². The van der Waals surface area contributed by atoms with Crippen LogP contribution in [0.2, 0.25) is 5.02 Å². The Morgan fingerprint density at radius 3 is 2.60 bits per heavy atom. The highest BCUT2D eigenvalue weighted by molar-refractivity contribution is 9.10. The maximum Gasteiger partial charge on any atom is 0.303 e. The number of amides is 1. The average molecular weight is 363 g/mol. The molecule has 0 saturated carbocycles. The lowest BCUT2D eigenvalue weighted by Crippen LogP contribution is -2.38. The van der Waals surface area contributed by atoms with Crippen molar-refractivity contribution in [2.45, 2.75) is 32.7 Å². The maximum absolute atomic E-state index is 12.5. The molecule has 1 aromatic rings. The summed E-state index contributed by atoms with van der Waals surface area (Å²) in [7, 11) is 0. The van der Waals surface area contributed by atoms with Crippen molar-refractivity contribution in [1.29, 1.82) is 0 Å². The van der Waals surface area contributed by atoms with Crippen LogP contribution in [0.25, 0.3) is 0 Å². The molecule has 0 heterocycles. The fourth-order valence-electron chi connectivity index (χ4n) is 1.82. The number of halogens is 2. The number of carboxylic acid groups (broad SMARTS) is 1. The second-order valence-electron chi connectivity index (χ2n) is 4.69. The predicted molar refractivity (Wildman–Crippen MR) is 82.2 cm³/mol. The molecule has 110 valence electrons. The van der Waals surface area contributed by atoms with Crippen molar-refractivity contribution < 1.29 is 14.7 Å². The Bertz CT molecular complexity index is 505. The van der Waals surface area contributed by atoms with Crippen LogP contribution in [-0.4, -0.2) is 34.5 Å². The smallest absolute Gasteiger partial charge is 0.303 e. The zero-order valence-electron chi connectivity index (χ0n) is 11.4. The van der Waals surface area contributed by atoms with Crippen LogP contribution >= 0.6 is 27.5 Å².